The van der Waals surface area contributed by atoms with Crippen molar-refractivity contribution in [3.63, 3.8) is 0 Å². The lowest BCUT2D eigenvalue weighted by Gasteiger charge is -2.21. The van der Waals surface area contributed by atoms with Crippen LogP contribution in [0.3, 0.4) is 0 Å². The predicted octanol–water partition coefficient (Wildman–Crippen LogP) is 8.62. The zero-order valence-corrected chi connectivity index (χ0v) is 41.5. The number of allylic oxidation sites excluding steroid dienone is 4. The van der Waals surface area contributed by atoms with Crippen molar-refractivity contribution < 1.29 is 71.1 Å². The molecule has 0 bridgehead atoms. The Labute approximate surface area is 396 Å². The van der Waals surface area contributed by atoms with Gasteiger partial charge in [-0.1, -0.05) is 141 Å². The summed E-state index contributed by atoms with van der Waals surface area (Å²) in [7, 11) is -10.9. The number of nitrogen functional groups attached to an aromatic ring is 1. The molecule has 0 saturated carbocycles. The van der Waals surface area contributed by atoms with Gasteiger partial charge >= 0.3 is 33.3 Å². The number of hydrogen-bond donors (Lipinski definition) is 5. The van der Waals surface area contributed by atoms with Gasteiger partial charge in [-0.3, -0.25) is 28.0 Å². The van der Waals surface area contributed by atoms with Gasteiger partial charge in [-0.15, -0.1) is 0 Å². The molecule has 19 nitrogen and oxygen atoms in total. The standard InChI is InChI=1S/C46H79N3O16P2/c1-3-5-7-8-9-10-11-12-13-16-20-23-27-31-42(52)63-38(34-60-41(51)30-26-22-19-17-14-15-18-21-25-29-37(50)28-24-6-4-2)35-61-66(56,57)65-67(58,59)62-36-39-43(53)44(54)45(64-39)49-33-32-40(47)48-46(49)55/h18,21,25,29,32-33,38-39,43-45,53-54H,3-17,19-20,22-24,26-28,30-31,34-36H2,1-2H3,(H,56,57)(H,58,59)(H2,47,48,55)/b21-18-,29-25+/t38-,39-,43-,44-,45-/m1/s1. The number of aliphatic hydroxyl groups is 2. The fourth-order valence-corrected chi connectivity index (χ4v) is 9.29. The van der Waals surface area contributed by atoms with Crippen LogP contribution in [0.15, 0.2) is 41.4 Å². The molecule has 2 rings (SSSR count). The average Bonchev–Trinajstić information content (AvgIpc) is 3.55. The molecule has 1 fully saturated rings. The molecule has 67 heavy (non-hydrogen) atoms. The molecule has 0 spiro atoms. The van der Waals surface area contributed by atoms with Crippen molar-refractivity contribution >= 4 is 39.2 Å². The van der Waals surface area contributed by atoms with Crippen molar-refractivity contribution in [1.29, 1.82) is 0 Å². The van der Waals surface area contributed by atoms with E-state index in [1.807, 2.05) is 12.2 Å². The molecular weight excluding hydrogens is 912 g/mol. The number of ketones is 1. The molecule has 1 aromatic rings. The first-order valence-corrected chi connectivity index (χ1v) is 27.3. The Bertz CT molecular complexity index is 1780. The van der Waals surface area contributed by atoms with Crippen LogP contribution in [0, 0.1) is 0 Å². The summed E-state index contributed by atoms with van der Waals surface area (Å²) in [6.45, 7) is 1.96. The van der Waals surface area contributed by atoms with Crippen molar-refractivity contribution in [1.82, 2.24) is 9.55 Å². The number of carbonyl (C=O) groups is 3. The van der Waals surface area contributed by atoms with Gasteiger partial charge in [-0.05, 0) is 44.2 Å². The third-order valence-corrected chi connectivity index (χ3v) is 13.6. The van der Waals surface area contributed by atoms with Crippen molar-refractivity contribution in [2.45, 2.75) is 205 Å². The van der Waals surface area contributed by atoms with E-state index in [2.05, 4.69) is 23.1 Å². The number of aliphatic hydroxyl groups excluding tert-OH is 2. The molecular formula is C46H79N3O16P2. The molecule has 384 valence electrons. The molecule has 0 amide bonds. The van der Waals surface area contributed by atoms with Crippen LogP contribution in [0.5, 0.6) is 0 Å². The summed E-state index contributed by atoms with van der Waals surface area (Å²) in [6.07, 6.45) is 23.9. The fourth-order valence-electron chi connectivity index (χ4n) is 7.18. The van der Waals surface area contributed by atoms with E-state index in [4.69, 9.17) is 29.0 Å². The number of carbonyl (C=O) groups excluding carboxylic acids is 3. The van der Waals surface area contributed by atoms with Crippen molar-refractivity contribution in [3.05, 3.63) is 47.1 Å². The molecule has 6 N–H and O–H groups in total. The SMILES string of the molecule is CCCCCCCCCCCCCCCC(=O)O[C@H](COC(=O)CCCCCCC/C=C\C=C\C(=O)CCCCC)COP(=O)(O)OP(=O)(O)OC[C@H]1O[C@@H](n2ccc(N)nc2=O)[C@H](O)[C@@H]1O. The number of rotatable bonds is 40. The van der Waals surface area contributed by atoms with Gasteiger partial charge in [0.2, 0.25) is 0 Å². The quantitative estimate of drug-likeness (QED) is 0.0135. The largest absolute Gasteiger partial charge is 0.481 e. The zero-order valence-electron chi connectivity index (χ0n) is 39.7. The number of nitrogens with two attached hydrogens (primary N) is 1. The van der Waals surface area contributed by atoms with Crippen LogP contribution < -0.4 is 11.4 Å². The van der Waals surface area contributed by atoms with Gasteiger partial charge in [0.05, 0.1) is 13.2 Å². The summed E-state index contributed by atoms with van der Waals surface area (Å²) in [5.74, 6) is -1.22. The van der Waals surface area contributed by atoms with Gasteiger partial charge in [-0.25, -0.2) is 13.9 Å². The number of nitrogens with zero attached hydrogens (tertiary/aromatic N) is 2. The van der Waals surface area contributed by atoms with E-state index in [0.29, 0.717) is 19.3 Å². The number of unbranched alkanes of at least 4 members (excludes halogenated alkanes) is 19. The van der Waals surface area contributed by atoms with Crippen LogP contribution in [0.2, 0.25) is 0 Å². The molecule has 2 heterocycles. The fraction of sp³-hybridized carbons (Fsp3) is 0.761. The van der Waals surface area contributed by atoms with Gasteiger partial charge in [-0.2, -0.15) is 9.29 Å². The average molecular weight is 992 g/mol. The topological polar surface area (TPSA) is 283 Å². The summed E-state index contributed by atoms with van der Waals surface area (Å²) in [5, 5.41) is 20.9. The second kappa shape index (κ2) is 35.1. The third kappa shape index (κ3) is 28.2. The molecule has 21 heteroatoms. The van der Waals surface area contributed by atoms with Gasteiger partial charge in [0.25, 0.3) is 0 Å². The molecule has 0 aromatic carbocycles. The Morgan fingerprint density at radius 3 is 1.90 bits per heavy atom. The van der Waals surface area contributed by atoms with Crippen LogP contribution in [0.25, 0.3) is 0 Å². The van der Waals surface area contributed by atoms with Gasteiger partial charge in [0.1, 0.15) is 30.7 Å². The Morgan fingerprint density at radius 1 is 0.746 bits per heavy atom. The van der Waals surface area contributed by atoms with E-state index in [-0.39, 0.29) is 24.4 Å². The maximum absolute atomic E-state index is 12.8. The lowest BCUT2D eigenvalue weighted by Crippen LogP contribution is -2.36. The summed E-state index contributed by atoms with van der Waals surface area (Å²) >= 11 is 0. The summed E-state index contributed by atoms with van der Waals surface area (Å²) in [6, 6.07) is 1.24. The minimum atomic E-state index is -5.43. The van der Waals surface area contributed by atoms with Crippen LogP contribution in [-0.4, -0.2) is 91.5 Å². The zero-order chi connectivity index (χ0) is 49.3. The van der Waals surface area contributed by atoms with Crippen molar-refractivity contribution in [3.8, 4) is 0 Å². The number of anilines is 1. The maximum Gasteiger partial charge on any atom is 0.481 e. The minimum absolute atomic E-state index is 0.0363. The second-order valence-electron chi connectivity index (χ2n) is 17.0. The van der Waals surface area contributed by atoms with E-state index in [1.165, 1.54) is 57.4 Å². The normalized spacial score (nSPS) is 19.7. The minimum Gasteiger partial charge on any atom is -0.462 e. The smallest absolute Gasteiger partial charge is 0.462 e. The highest BCUT2D eigenvalue weighted by atomic mass is 31.3. The number of hydrogen-bond acceptors (Lipinski definition) is 16. The molecule has 0 radical (unpaired) electrons. The first-order valence-electron chi connectivity index (χ1n) is 24.3. The molecule has 0 aliphatic carbocycles. The van der Waals surface area contributed by atoms with Gasteiger partial charge in [0.15, 0.2) is 18.1 Å². The molecule has 2 unspecified atom stereocenters. The van der Waals surface area contributed by atoms with E-state index < -0.39 is 83.7 Å². The van der Waals surface area contributed by atoms with Gasteiger partial charge < -0.3 is 39.9 Å². The van der Waals surface area contributed by atoms with E-state index >= 15 is 0 Å². The molecule has 1 saturated heterocycles. The first-order chi connectivity index (χ1) is 32.1. The van der Waals surface area contributed by atoms with Crippen LogP contribution in [0.1, 0.15) is 181 Å². The van der Waals surface area contributed by atoms with Gasteiger partial charge in [0, 0.05) is 25.5 Å². The number of phosphoric ester groups is 2. The van der Waals surface area contributed by atoms with Crippen LogP contribution in [0.4, 0.5) is 5.82 Å². The number of ether oxygens (including phenoxy) is 3. The van der Waals surface area contributed by atoms with E-state index in [1.54, 1.807) is 12.2 Å². The Kier molecular flexibility index (Phi) is 31.4. The lowest BCUT2D eigenvalue weighted by atomic mass is 10.0. The lowest BCUT2D eigenvalue weighted by molar-refractivity contribution is -0.161. The highest BCUT2D eigenvalue weighted by Crippen LogP contribution is 2.60. The summed E-state index contributed by atoms with van der Waals surface area (Å²) < 4.78 is 56.6. The molecule has 1 aliphatic rings. The van der Waals surface area contributed by atoms with Crippen molar-refractivity contribution in [2.75, 3.05) is 25.6 Å². The van der Waals surface area contributed by atoms with E-state index in [0.717, 1.165) is 87.8 Å². The Balaban J connectivity index is 1.83. The summed E-state index contributed by atoms with van der Waals surface area (Å²) in [4.78, 5) is 73.6. The van der Waals surface area contributed by atoms with Crippen LogP contribution >= 0.6 is 15.6 Å². The third-order valence-electron chi connectivity index (χ3n) is 11.0. The monoisotopic (exact) mass is 991 g/mol. The molecule has 1 aliphatic heterocycles. The second-order valence-corrected chi connectivity index (χ2v) is 20.0. The highest BCUT2D eigenvalue weighted by Gasteiger charge is 2.46. The first kappa shape index (κ1) is 60.0. The predicted molar refractivity (Wildman–Crippen MR) is 252 cm³/mol. The number of phosphoric acid groups is 2. The summed E-state index contributed by atoms with van der Waals surface area (Å²) in [5.41, 5.74) is 4.57. The maximum atomic E-state index is 12.8. The Hall–Kier alpha value is -3.09. The van der Waals surface area contributed by atoms with E-state index in [9.17, 15) is 48.3 Å². The highest BCUT2D eigenvalue weighted by molar-refractivity contribution is 7.61. The number of aromatic nitrogens is 2. The number of esters is 2. The molecule has 7 atom stereocenters. The van der Waals surface area contributed by atoms with Crippen LogP contribution in [-0.2, 0) is 51.1 Å². The molecule has 1 aromatic heterocycles. The Morgan fingerprint density at radius 2 is 1.28 bits per heavy atom. The van der Waals surface area contributed by atoms with Crippen molar-refractivity contribution in [2.24, 2.45) is 0 Å².